The van der Waals surface area contributed by atoms with Gasteiger partial charge in [-0.05, 0) is 45.8 Å². The standard InChI is InChI=1S/C19H23N3O6/c1-3-28-19(25)13-6-8-20(9-7-13)16-11-17(23)21(18(16)24)14-5-4-12(2)15(10-14)22(26)27/h4-5,10,13,16H,3,6-9,11H2,1-2H3/t16-/m1/s1. The maximum atomic E-state index is 12.9. The van der Waals surface area contributed by atoms with Gasteiger partial charge in [0.2, 0.25) is 5.91 Å². The molecule has 2 heterocycles. The second-order valence-electron chi connectivity index (χ2n) is 7.08. The van der Waals surface area contributed by atoms with E-state index in [9.17, 15) is 24.5 Å². The summed E-state index contributed by atoms with van der Waals surface area (Å²) in [5.41, 5.74) is 0.554. The molecule has 0 aliphatic carbocycles. The number of imide groups is 1. The fourth-order valence-corrected chi connectivity index (χ4v) is 3.81. The molecular formula is C19H23N3O6. The molecule has 1 aromatic rings. The van der Waals surface area contributed by atoms with Gasteiger partial charge in [0.15, 0.2) is 0 Å². The number of esters is 1. The number of benzene rings is 1. The minimum Gasteiger partial charge on any atom is -0.466 e. The Hall–Kier alpha value is -2.81. The second kappa shape index (κ2) is 8.05. The predicted molar refractivity (Wildman–Crippen MR) is 99.7 cm³/mol. The molecule has 2 aliphatic rings. The molecule has 9 heteroatoms. The lowest BCUT2D eigenvalue weighted by Crippen LogP contribution is -2.47. The highest BCUT2D eigenvalue weighted by Crippen LogP contribution is 2.31. The summed E-state index contributed by atoms with van der Waals surface area (Å²) in [6.07, 6.45) is 1.18. The lowest BCUT2D eigenvalue weighted by atomic mass is 9.95. The molecule has 3 rings (SSSR count). The number of nitrogens with zero attached hydrogens (tertiary/aromatic N) is 3. The first-order valence-corrected chi connectivity index (χ1v) is 9.36. The lowest BCUT2D eigenvalue weighted by molar-refractivity contribution is -0.385. The lowest BCUT2D eigenvalue weighted by Gasteiger charge is -2.33. The van der Waals surface area contributed by atoms with Crippen LogP contribution in [0.15, 0.2) is 18.2 Å². The molecule has 0 spiro atoms. The molecule has 9 nitrogen and oxygen atoms in total. The minimum absolute atomic E-state index is 0.0323. The van der Waals surface area contributed by atoms with Crippen LogP contribution in [0.3, 0.4) is 0 Å². The number of hydrogen-bond acceptors (Lipinski definition) is 7. The number of anilines is 1. The molecule has 1 aromatic carbocycles. The van der Waals surface area contributed by atoms with Crippen LogP contribution < -0.4 is 4.90 Å². The van der Waals surface area contributed by atoms with Gasteiger partial charge in [-0.1, -0.05) is 6.07 Å². The monoisotopic (exact) mass is 389 g/mol. The van der Waals surface area contributed by atoms with E-state index in [4.69, 9.17) is 4.74 Å². The van der Waals surface area contributed by atoms with E-state index >= 15 is 0 Å². The van der Waals surface area contributed by atoms with Gasteiger partial charge >= 0.3 is 5.97 Å². The topological polar surface area (TPSA) is 110 Å². The number of nitro benzene ring substituents is 1. The first-order valence-electron chi connectivity index (χ1n) is 9.36. The number of carbonyl (C=O) groups is 3. The smallest absolute Gasteiger partial charge is 0.309 e. The van der Waals surface area contributed by atoms with Gasteiger partial charge in [0, 0.05) is 11.6 Å². The fraction of sp³-hybridized carbons (Fsp3) is 0.526. The van der Waals surface area contributed by atoms with Crippen LogP contribution in [0, 0.1) is 23.0 Å². The van der Waals surface area contributed by atoms with Gasteiger partial charge in [0.25, 0.3) is 11.6 Å². The number of ether oxygens (including phenoxy) is 1. The molecule has 1 atom stereocenters. The van der Waals surface area contributed by atoms with Crippen molar-refractivity contribution < 1.29 is 24.0 Å². The number of likely N-dealkylation sites (tertiary alicyclic amines) is 1. The average molecular weight is 389 g/mol. The molecule has 0 unspecified atom stereocenters. The molecule has 0 radical (unpaired) electrons. The summed E-state index contributed by atoms with van der Waals surface area (Å²) < 4.78 is 5.05. The summed E-state index contributed by atoms with van der Waals surface area (Å²) in [5.74, 6) is -1.15. The molecule has 2 saturated heterocycles. The second-order valence-corrected chi connectivity index (χ2v) is 7.08. The maximum absolute atomic E-state index is 12.9. The van der Waals surface area contributed by atoms with Gasteiger partial charge in [0.05, 0.1) is 35.6 Å². The summed E-state index contributed by atoms with van der Waals surface area (Å²) in [5, 5.41) is 11.2. The van der Waals surface area contributed by atoms with Gasteiger partial charge in [-0.3, -0.25) is 29.4 Å². The summed E-state index contributed by atoms with van der Waals surface area (Å²) in [6, 6.07) is 3.75. The number of nitro groups is 1. The van der Waals surface area contributed by atoms with E-state index in [0.717, 1.165) is 4.90 Å². The Bertz CT molecular complexity index is 816. The fourth-order valence-electron chi connectivity index (χ4n) is 3.81. The first kappa shape index (κ1) is 19.9. The number of rotatable bonds is 5. The molecule has 0 N–H and O–H groups in total. The SMILES string of the molecule is CCOC(=O)C1CCN([C@@H]2CC(=O)N(c3ccc(C)c([N+](=O)[O-])c3)C2=O)CC1. The van der Waals surface area contributed by atoms with Gasteiger partial charge in [-0.15, -0.1) is 0 Å². The van der Waals surface area contributed by atoms with E-state index < -0.39 is 11.0 Å². The summed E-state index contributed by atoms with van der Waals surface area (Å²) >= 11 is 0. The quantitative estimate of drug-likeness (QED) is 0.327. The molecule has 2 aliphatic heterocycles. The Balaban J connectivity index is 1.72. The summed E-state index contributed by atoms with van der Waals surface area (Å²) in [7, 11) is 0. The molecule has 0 aromatic heterocycles. The van der Waals surface area contributed by atoms with Crippen molar-refractivity contribution in [3.63, 3.8) is 0 Å². The third kappa shape index (κ3) is 3.75. The zero-order valence-corrected chi connectivity index (χ0v) is 15.9. The molecule has 28 heavy (non-hydrogen) atoms. The molecule has 0 bridgehead atoms. The number of aryl methyl sites for hydroxylation is 1. The molecule has 2 fully saturated rings. The van der Waals surface area contributed by atoms with Crippen molar-refractivity contribution >= 4 is 29.2 Å². The maximum Gasteiger partial charge on any atom is 0.309 e. The van der Waals surface area contributed by atoms with Crippen LogP contribution in [0.5, 0.6) is 0 Å². The molecule has 150 valence electrons. The Kier molecular flexibility index (Phi) is 5.73. The van der Waals surface area contributed by atoms with Crippen LogP contribution in [0.1, 0.15) is 31.7 Å². The highest BCUT2D eigenvalue weighted by Gasteiger charge is 2.44. The van der Waals surface area contributed by atoms with Crippen LogP contribution in [-0.4, -0.2) is 53.3 Å². The zero-order valence-electron chi connectivity index (χ0n) is 15.9. The van der Waals surface area contributed by atoms with E-state index in [2.05, 4.69) is 0 Å². The van der Waals surface area contributed by atoms with Crippen molar-refractivity contribution in [3.05, 3.63) is 33.9 Å². The largest absolute Gasteiger partial charge is 0.466 e. The zero-order chi connectivity index (χ0) is 20.4. The molecule has 0 saturated carbocycles. The highest BCUT2D eigenvalue weighted by atomic mass is 16.6. The van der Waals surface area contributed by atoms with Crippen molar-refractivity contribution in [1.29, 1.82) is 0 Å². The Morgan fingerprint density at radius 1 is 1.29 bits per heavy atom. The first-order chi connectivity index (χ1) is 13.3. The average Bonchev–Trinajstić information content (AvgIpc) is 2.97. The van der Waals surface area contributed by atoms with E-state index in [1.54, 1.807) is 19.9 Å². The van der Waals surface area contributed by atoms with Crippen LogP contribution in [0.4, 0.5) is 11.4 Å². The van der Waals surface area contributed by atoms with Crippen LogP contribution >= 0.6 is 0 Å². The van der Waals surface area contributed by atoms with Crippen molar-refractivity contribution in [2.45, 2.75) is 39.2 Å². The van der Waals surface area contributed by atoms with Crippen molar-refractivity contribution in [3.8, 4) is 0 Å². The number of hydrogen-bond donors (Lipinski definition) is 0. The van der Waals surface area contributed by atoms with E-state index in [-0.39, 0.29) is 41.5 Å². The van der Waals surface area contributed by atoms with Gasteiger partial charge in [-0.2, -0.15) is 0 Å². The Morgan fingerprint density at radius 2 is 1.96 bits per heavy atom. The van der Waals surface area contributed by atoms with Gasteiger partial charge in [-0.25, -0.2) is 4.90 Å². The minimum atomic E-state index is -0.601. The Labute approximate surface area is 162 Å². The van der Waals surface area contributed by atoms with Gasteiger partial charge in [0.1, 0.15) is 0 Å². The predicted octanol–water partition coefficient (Wildman–Crippen LogP) is 1.81. The summed E-state index contributed by atoms with van der Waals surface area (Å²) in [4.78, 5) is 50.9. The van der Waals surface area contributed by atoms with E-state index in [1.165, 1.54) is 12.1 Å². The van der Waals surface area contributed by atoms with Crippen molar-refractivity contribution in [1.82, 2.24) is 4.90 Å². The van der Waals surface area contributed by atoms with Crippen LogP contribution in [0.25, 0.3) is 0 Å². The number of amides is 2. The summed E-state index contributed by atoms with van der Waals surface area (Å²) in [6.45, 7) is 4.75. The number of carbonyl (C=O) groups excluding carboxylic acids is 3. The van der Waals surface area contributed by atoms with Crippen molar-refractivity contribution in [2.24, 2.45) is 5.92 Å². The van der Waals surface area contributed by atoms with Crippen molar-refractivity contribution in [2.75, 3.05) is 24.6 Å². The normalized spacial score (nSPS) is 21.2. The van der Waals surface area contributed by atoms with Crippen LogP contribution in [-0.2, 0) is 19.1 Å². The highest BCUT2D eigenvalue weighted by molar-refractivity contribution is 6.22. The Morgan fingerprint density at radius 3 is 2.57 bits per heavy atom. The van der Waals surface area contributed by atoms with Gasteiger partial charge < -0.3 is 4.74 Å². The van der Waals surface area contributed by atoms with E-state index in [1.807, 2.05) is 4.90 Å². The van der Waals surface area contributed by atoms with Crippen LogP contribution in [0.2, 0.25) is 0 Å². The number of piperidine rings is 1. The van der Waals surface area contributed by atoms with E-state index in [0.29, 0.717) is 38.1 Å². The molecular weight excluding hydrogens is 366 g/mol. The third-order valence-electron chi connectivity index (χ3n) is 5.36. The third-order valence-corrected chi connectivity index (χ3v) is 5.36. The molecule has 2 amide bonds.